The molecule has 1 rings (SSSR count). The molecule has 0 atom stereocenters. The Morgan fingerprint density at radius 3 is 2.73 bits per heavy atom. The molecule has 0 aliphatic heterocycles. The Morgan fingerprint density at radius 1 is 1.47 bits per heavy atom. The molecule has 1 aromatic rings. The highest BCUT2D eigenvalue weighted by atomic mass is 32.2. The fourth-order valence-corrected chi connectivity index (χ4v) is 1.66. The van der Waals surface area contributed by atoms with Crippen LogP contribution in [-0.2, 0) is 23.6 Å². The van der Waals surface area contributed by atoms with Gasteiger partial charge in [0, 0.05) is 25.4 Å². The predicted molar refractivity (Wildman–Crippen MR) is 58.0 cm³/mol. The molecule has 1 heterocycles. The zero-order valence-electron chi connectivity index (χ0n) is 8.73. The van der Waals surface area contributed by atoms with E-state index in [0.717, 1.165) is 0 Å². The number of hydrogen-bond donors (Lipinski definition) is 1. The number of sulfonamides is 1. The van der Waals surface area contributed by atoms with Gasteiger partial charge in [-0.2, -0.15) is 0 Å². The van der Waals surface area contributed by atoms with Gasteiger partial charge in [0.15, 0.2) is 0 Å². The van der Waals surface area contributed by atoms with E-state index in [1.165, 1.54) is 4.57 Å². The minimum Gasteiger partial charge on any atom is -0.318 e. The second-order valence-corrected chi connectivity index (χ2v) is 5.27. The van der Waals surface area contributed by atoms with Crippen LogP contribution in [0, 0.1) is 0 Å². The van der Waals surface area contributed by atoms with Gasteiger partial charge in [-0.1, -0.05) is 6.07 Å². The van der Waals surface area contributed by atoms with Crippen molar-refractivity contribution in [3.63, 3.8) is 0 Å². The summed E-state index contributed by atoms with van der Waals surface area (Å²) in [7, 11) is -1.62. The number of pyridine rings is 1. The van der Waals surface area contributed by atoms with E-state index in [2.05, 4.69) is 4.72 Å². The molecule has 0 amide bonds. The van der Waals surface area contributed by atoms with Gasteiger partial charge >= 0.3 is 0 Å². The van der Waals surface area contributed by atoms with Crippen LogP contribution in [0.25, 0.3) is 0 Å². The van der Waals surface area contributed by atoms with Gasteiger partial charge in [0.1, 0.15) is 0 Å². The van der Waals surface area contributed by atoms with Crippen LogP contribution in [0.15, 0.2) is 23.1 Å². The van der Waals surface area contributed by atoms with Gasteiger partial charge < -0.3 is 4.57 Å². The van der Waals surface area contributed by atoms with E-state index in [1.54, 1.807) is 32.3 Å². The van der Waals surface area contributed by atoms with E-state index in [0.29, 0.717) is 5.56 Å². The van der Waals surface area contributed by atoms with Gasteiger partial charge in [-0.3, -0.25) is 4.79 Å². The molecular formula is C9H14N2O3S. The monoisotopic (exact) mass is 230 g/mol. The Balaban J connectivity index is 2.84. The van der Waals surface area contributed by atoms with Gasteiger partial charge in [0.25, 0.3) is 5.56 Å². The molecule has 6 heteroatoms. The predicted octanol–water partition coefficient (Wildman–Crippen LogP) is -0.175. The number of rotatable bonds is 4. The maximum atomic E-state index is 11.5. The SMILES string of the molecule is CCS(=O)(=O)NCc1cccn(C)c1=O. The highest BCUT2D eigenvalue weighted by Crippen LogP contribution is 1.92. The minimum absolute atomic E-state index is 0.0140. The van der Waals surface area contributed by atoms with Gasteiger partial charge in [-0.15, -0.1) is 0 Å². The van der Waals surface area contributed by atoms with Crippen molar-refractivity contribution in [2.75, 3.05) is 5.75 Å². The van der Waals surface area contributed by atoms with Crippen molar-refractivity contribution in [2.24, 2.45) is 7.05 Å². The summed E-state index contributed by atoms with van der Waals surface area (Å²) in [6, 6.07) is 3.32. The van der Waals surface area contributed by atoms with Crippen molar-refractivity contribution < 1.29 is 8.42 Å². The first-order valence-corrected chi connectivity index (χ1v) is 6.23. The summed E-state index contributed by atoms with van der Waals surface area (Å²) in [5.74, 6) is 0.0140. The van der Waals surface area contributed by atoms with Crippen molar-refractivity contribution >= 4 is 10.0 Å². The first-order valence-electron chi connectivity index (χ1n) is 4.58. The molecule has 0 unspecified atom stereocenters. The Bertz CT molecular complexity index is 490. The standard InChI is InChI=1S/C9H14N2O3S/c1-3-15(13,14)10-7-8-5-4-6-11(2)9(8)12/h4-6,10H,3,7H2,1-2H3. The van der Waals surface area contributed by atoms with Crippen LogP contribution in [0.5, 0.6) is 0 Å². The number of hydrogen-bond acceptors (Lipinski definition) is 3. The first-order chi connectivity index (χ1) is 6.96. The summed E-state index contributed by atoms with van der Waals surface area (Å²) in [5.41, 5.74) is 0.258. The van der Waals surface area contributed by atoms with Crippen molar-refractivity contribution in [2.45, 2.75) is 13.5 Å². The van der Waals surface area contributed by atoms with Gasteiger partial charge in [0.2, 0.25) is 10.0 Å². The second kappa shape index (κ2) is 4.59. The molecule has 0 fully saturated rings. The van der Waals surface area contributed by atoms with E-state index in [4.69, 9.17) is 0 Å². The van der Waals surface area contributed by atoms with Crippen LogP contribution < -0.4 is 10.3 Å². The quantitative estimate of drug-likeness (QED) is 0.780. The molecule has 0 aromatic carbocycles. The lowest BCUT2D eigenvalue weighted by molar-refractivity contribution is 0.582. The van der Waals surface area contributed by atoms with Crippen LogP contribution in [-0.4, -0.2) is 18.7 Å². The first kappa shape index (κ1) is 11.9. The molecule has 0 saturated carbocycles. The number of nitrogens with zero attached hydrogens (tertiary/aromatic N) is 1. The Kier molecular flexibility index (Phi) is 3.65. The van der Waals surface area contributed by atoms with E-state index in [1.807, 2.05) is 0 Å². The number of nitrogens with one attached hydrogen (secondary N) is 1. The van der Waals surface area contributed by atoms with Crippen LogP contribution in [0.3, 0.4) is 0 Å². The molecule has 0 saturated heterocycles. The average molecular weight is 230 g/mol. The zero-order chi connectivity index (χ0) is 11.5. The number of aromatic nitrogens is 1. The van der Waals surface area contributed by atoms with Crippen molar-refractivity contribution in [3.8, 4) is 0 Å². The fourth-order valence-electron chi connectivity index (χ4n) is 1.08. The molecule has 0 bridgehead atoms. The minimum atomic E-state index is -3.25. The summed E-state index contributed by atoms with van der Waals surface area (Å²) >= 11 is 0. The maximum absolute atomic E-state index is 11.5. The molecule has 0 radical (unpaired) electrons. The molecule has 1 aromatic heterocycles. The summed E-state index contributed by atoms with van der Waals surface area (Å²) in [6.07, 6.45) is 1.63. The molecule has 0 aliphatic rings. The summed E-state index contributed by atoms with van der Waals surface area (Å²) < 4.78 is 26.1. The molecule has 5 nitrogen and oxygen atoms in total. The summed E-state index contributed by atoms with van der Waals surface area (Å²) in [4.78, 5) is 11.5. The maximum Gasteiger partial charge on any atom is 0.254 e. The third-order valence-electron chi connectivity index (χ3n) is 2.06. The zero-order valence-corrected chi connectivity index (χ0v) is 9.54. The van der Waals surface area contributed by atoms with Gasteiger partial charge in [-0.25, -0.2) is 13.1 Å². The van der Waals surface area contributed by atoms with E-state index < -0.39 is 10.0 Å². The van der Waals surface area contributed by atoms with Crippen molar-refractivity contribution in [1.29, 1.82) is 0 Å². The van der Waals surface area contributed by atoms with Crippen LogP contribution in [0.4, 0.5) is 0 Å². The Labute approximate surface area is 88.8 Å². The normalized spacial score (nSPS) is 11.6. The number of aryl methyl sites for hydroxylation is 1. The van der Waals surface area contributed by atoms with Crippen molar-refractivity contribution in [1.82, 2.24) is 9.29 Å². The van der Waals surface area contributed by atoms with E-state index in [9.17, 15) is 13.2 Å². The van der Waals surface area contributed by atoms with Crippen LogP contribution in [0.2, 0.25) is 0 Å². The Hall–Kier alpha value is -1.14. The topological polar surface area (TPSA) is 68.2 Å². The molecular weight excluding hydrogens is 216 g/mol. The lowest BCUT2D eigenvalue weighted by atomic mass is 10.3. The largest absolute Gasteiger partial charge is 0.318 e. The molecule has 1 N–H and O–H groups in total. The molecule has 0 spiro atoms. The Morgan fingerprint density at radius 2 is 2.13 bits per heavy atom. The lowest BCUT2D eigenvalue weighted by Gasteiger charge is -2.05. The molecule has 0 aliphatic carbocycles. The lowest BCUT2D eigenvalue weighted by Crippen LogP contribution is -2.29. The fraction of sp³-hybridized carbons (Fsp3) is 0.444. The summed E-state index contributed by atoms with van der Waals surface area (Å²) in [5, 5.41) is 0. The smallest absolute Gasteiger partial charge is 0.254 e. The average Bonchev–Trinajstić information content (AvgIpc) is 2.20. The highest BCUT2D eigenvalue weighted by molar-refractivity contribution is 7.89. The summed E-state index contributed by atoms with van der Waals surface area (Å²) in [6.45, 7) is 1.59. The van der Waals surface area contributed by atoms with Gasteiger partial charge in [-0.05, 0) is 13.0 Å². The molecule has 15 heavy (non-hydrogen) atoms. The van der Waals surface area contributed by atoms with Crippen molar-refractivity contribution in [3.05, 3.63) is 34.2 Å². The highest BCUT2D eigenvalue weighted by Gasteiger charge is 2.07. The second-order valence-electron chi connectivity index (χ2n) is 3.17. The van der Waals surface area contributed by atoms with E-state index >= 15 is 0 Å². The third-order valence-corrected chi connectivity index (χ3v) is 3.41. The van der Waals surface area contributed by atoms with Crippen LogP contribution in [0.1, 0.15) is 12.5 Å². The van der Waals surface area contributed by atoms with E-state index in [-0.39, 0.29) is 17.9 Å². The molecule has 84 valence electrons. The van der Waals surface area contributed by atoms with Crippen LogP contribution >= 0.6 is 0 Å². The van der Waals surface area contributed by atoms with Gasteiger partial charge in [0.05, 0.1) is 5.75 Å². The third kappa shape index (κ3) is 3.17.